The Bertz CT molecular complexity index is 417. The molecule has 20 heavy (non-hydrogen) atoms. The van der Waals surface area contributed by atoms with Crippen molar-refractivity contribution >= 4 is 12.2 Å². The number of likely N-dealkylation sites (N-methyl/N-ethyl adjacent to an activating group) is 2. The lowest BCUT2D eigenvalue weighted by Gasteiger charge is -2.32. The third-order valence-electron chi connectivity index (χ3n) is 2.17. The van der Waals surface area contributed by atoms with Crippen molar-refractivity contribution in [2.24, 2.45) is 0 Å². The Labute approximate surface area is 117 Å². The second-order valence-corrected chi connectivity index (χ2v) is 4.24. The smallest absolute Gasteiger partial charge is 0.310 e. The highest BCUT2D eigenvalue weighted by molar-refractivity contribution is 5.47. The van der Waals surface area contributed by atoms with E-state index in [2.05, 4.69) is 23.8 Å². The second-order valence-electron chi connectivity index (χ2n) is 4.24. The van der Waals surface area contributed by atoms with Crippen LogP contribution < -0.4 is 4.90 Å². The number of amides is 1. The van der Waals surface area contributed by atoms with Crippen LogP contribution in [0.1, 0.15) is 20.3 Å². The van der Waals surface area contributed by atoms with E-state index in [1.165, 1.54) is 37.7 Å². The Balaban J connectivity index is 0.00000110. The molecule has 1 heterocycles. The van der Waals surface area contributed by atoms with Gasteiger partial charge >= 0.3 is 6.08 Å². The molecule has 1 aromatic heterocycles. The first-order chi connectivity index (χ1) is 9.28. The largest absolute Gasteiger partial charge is 0.352 e. The van der Waals surface area contributed by atoms with E-state index in [9.17, 15) is 19.4 Å². The number of carbonyl (C=O) groups excluding carboxylic acids is 1. The van der Waals surface area contributed by atoms with Crippen LogP contribution in [0.15, 0.2) is 12.3 Å². The summed E-state index contributed by atoms with van der Waals surface area (Å²) < 4.78 is 12.7. The molecule has 7 nitrogen and oxygen atoms in total. The van der Waals surface area contributed by atoms with Crippen molar-refractivity contribution in [3.63, 3.8) is 0 Å². The molecule has 0 aliphatic rings. The fourth-order valence-electron chi connectivity index (χ4n) is 1.13. The number of hydrogen-bond donors (Lipinski definition) is 2. The van der Waals surface area contributed by atoms with Crippen molar-refractivity contribution < 1.29 is 19.4 Å². The number of anilines is 1. The highest BCUT2D eigenvalue weighted by Gasteiger charge is 2.30. The molecule has 0 aliphatic heterocycles. The van der Waals surface area contributed by atoms with Crippen molar-refractivity contribution in [2.75, 3.05) is 25.5 Å². The molecule has 0 aliphatic carbocycles. The molecule has 1 aromatic rings. The molecule has 114 valence electrons. The molecule has 0 fully saturated rings. The number of hydrogen-bond acceptors (Lipinski definition) is 6. The molecule has 8 heteroatoms. The summed E-state index contributed by atoms with van der Waals surface area (Å²) >= 11 is 0. The summed E-state index contributed by atoms with van der Waals surface area (Å²) in [6.07, 6.45) is 1.81. The monoisotopic (exact) mass is 288 g/mol. The van der Waals surface area contributed by atoms with Crippen LogP contribution in [0.4, 0.5) is 10.2 Å². The van der Waals surface area contributed by atoms with Crippen molar-refractivity contribution in [3.8, 4) is 0 Å². The fourth-order valence-corrected chi connectivity index (χ4v) is 1.13. The molecular weight excluding hydrogens is 267 g/mol. The van der Waals surface area contributed by atoms with E-state index >= 15 is 0 Å². The maximum atomic E-state index is 12.7. The summed E-state index contributed by atoms with van der Waals surface area (Å²) in [4.78, 5) is 19.1. The highest BCUT2D eigenvalue weighted by Crippen LogP contribution is 2.12. The number of nitrogens with zero attached hydrogens (tertiary/aromatic N) is 4. The van der Waals surface area contributed by atoms with E-state index in [4.69, 9.17) is 0 Å². The zero-order chi connectivity index (χ0) is 15.8. The van der Waals surface area contributed by atoms with Crippen LogP contribution in [0.2, 0.25) is 0 Å². The zero-order valence-electron chi connectivity index (χ0n) is 12.1. The van der Waals surface area contributed by atoms with Gasteiger partial charge in [-0.1, -0.05) is 20.3 Å². The summed E-state index contributed by atoms with van der Waals surface area (Å²) in [7, 11) is 2.68. The van der Waals surface area contributed by atoms with Gasteiger partial charge < -0.3 is 15.1 Å². The molecule has 1 rings (SSSR count). The molecule has 0 saturated heterocycles. The maximum Gasteiger partial charge on any atom is 0.310 e. The summed E-state index contributed by atoms with van der Waals surface area (Å²) in [5.41, 5.74) is 0. The number of aromatic nitrogens is 2. The predicted molar refractivity (Wildman–Crippen MR) is 72.2 cm³/mol. The lowest BCUT2D eigenvalue weighted by molar-refractivity contribution is -0.237. The van der Waals surface area contributed by atoms with Gasteiger partial charge in [0.1, 0.15) is 5.82 Å². The minimum atomic E-state index is -2.36. The van der Waals surface area contributed by atoms with Gasteiger partial charge in [0.2, 0.25) is 6.41 Å². The van der Waals surface area contributed by atoms with E-state index in [0.717, 1.165) is 0 Å². The Hall–Kier alpha value is -1.80. The minimum absolute atomic E-state index is 0.171. The lowest BCUT2D eigenvalue weighted by Crippen LogP contribution is -2.53. The Morgan fingerprint density at radius 2 is 1.95 bits per heavy atom. The van der Waals surface area contributed by atoms with E-state index < -0.39 is 12.0 Å². The second kappa shape index (κ2) is 8.39. The lowest BCUT2D eigenvalue weighted by atomic mass is 10.4. The van der Waals surface area contributed by atoms with Gasteiger partial charge in [0.05, 0.1) is 6.54 Å². The summed E-state index contributed by atoms with van der Waals surface area (Å²) in [6, 6.07) is 1.40. The van der Waals surface area contributed by atoms with Crippen LogP contribution in [0, 0.1) is 6.08 Å². The molecule has 0 saturated carbocycles. The minimum Gasteiger partial charge on any atom is -0.352 e. The van der Waals surface area contributed by atoms with Gasteiger partial charge in [-0.3, -0.25) is 9.69 Å². The summed E-state index contributed by atoms with van der Waals surface area (Å²) in [5, 5.41) is 19.1. The third-order valence-corrected chi connectivity index (χ3v) is 2.17. The molecule has 2 N–H and O–H groups in total. The topological polar surface area (TPSA) is 89.8 Å². The number of halogens is 1. The van der Waals surface area contributed by atoms with Gasteiger partial charge in [-0.2, -0.15) is 9.37 Å². The molecule has 0 aromatic carbocycles. The average molecular weight is 288 g/mol. The van der Waals surface area contributed by atoms with E-state index in [1.54, 1.807) is 0 Å². The normalized spacial score (nSPS) is 10.3. The molecule has 0 radical (unpaired) electrons. The van der Waals surface area contributed by atoms with Gasteiger partial charge in [0.25, 0.3) is 5.91 Å². The van der Waals surface area contributed by atoms with E-state index in [0.29, 0.717) is 4.90 Å². The number of carbonyl (C=O) groups is 1. The van der Waals surface area contributed by atoms with Crippen molar-refractivity contribution in [2.45, 2.75) is 26.2 Å². The zero-order valence-corrected chi connectivity index (χ0v) is 12.1. The number of rotatable bonds is 5. The van der Waals surface area contributed by atoms with Crippen LogP contribution >= 0.6 is 0 Å². The fraction of sp³-hybridized carbons (Fsp3) is 0.583. The van der Waals surface area contributed by atoms with Gasteiger partial charge in [-0.05, 0) is 6.07 Å². The standard InChI is InChI=1S/C9H13FN4O3.C3H8/c1-13(5-9(16,17)14(2)6-15)7-3-4-11-8(10)12-7;1-3-2/h3-4,6,16-17H,5H2,1-2H3;3H2,1-2H3. The molecule has 1 amide bonds. The first-order valence-electron chi connectivity index (χ1n) is 6.11. The molecule has 0 atom stereocenters. The Morgan fingerprint density at radius 1 is 1.40 bits per heavy atom. The average Bonchev–Trinajstić information content (AvgIpc) is 2.38. The van der Waals surface area contributed by atoms with Crippen molar-refractivity contribution in [3.05, 3.63) is 18.3 Å². The Morgan fingerprint density at radius 3 is 2.40 bits per heavy atom. The van der Waals surface area contributed by atoms with Crippen LogP contribution in [0.25, 0.3) is 0 Å². The van der Waals surface area contributed by atoms with Gasteiger partial charge in [0, 0.05) is 20.3 Å². The van der Waals surface area contributed by atoms with Crippen molar-refractivity contribution in [1.29, 1.82) is 0 Å². The summed E-state index contributed by atoms with van der Waals surface area (Å²) in [6.45, 7) is 3.90. The number of aliphatic hydroxyl groups is 2. The summed E-state index contributed by atoms with van der Waals surface area (Å²) in [5.74, 6) is -2.19. The predicted octanol–water partition coefficient (Wildman–Crippen LogP) is 0.195. The third kappa shape index (κ3) is 5.89. The molecule has 0 unspecified atom stereocenters. The van der Waals surface area contributed by atoms with Gasteiger partial charge in [-0.15, -0.1) is 0 Å². The van der Waals surface area contributed by atoms with E-state index in [-0.39, 0.29) is 18.8 Å². The maximum absolute atomic E-state index is 12.7. The van der Waals surface area contributed by atoms with Crippen molar-refractivity contribution in [1.82, 2.24) is 14.9 Å². The van der Waals surface area contributed by atoms with Crippen LogP contribution in [0.3, 0.4) is 0 Å². The Kier molecular flexibility index (Phi) is 7.63. The first-order valence-corrected chi connectivity index (χ1v) is 6.11. The first kappa shape index (κ1) is 18.2. The molecule has 0 bridgehead atoms. The van der Waals surface area contributed by atoms with Crippen LogP contribution in [-0.2, 0) is 4.79 Å². The van der Waals surface area contributed by atoms with Crippen LogP contribution in [-0.4, -0.2) is 58.0 Å². The molecule has 0 spiro atoms. The van der Waals surface area contributed by atoms with Gasteiger partial charge in [-0.25, -0.2) is 4.98 Å². The SMILES string of the molecule is CCC.CN(CC(O)(O)N(C)C=O)c1ccnc(F)n1. The van der Waals surface area contributed by atoms with Crippen LogP contribution in [0.5, 0.6) is 0 Å². The quantitative estimate of drug-likeness (QED) is 0.457. The highest BCUT2D eigenvalue weighted by atomic mass is 19.1. The van der Waals surface area contributed by atoms with Gasteiger partial charge in [0.15, 0.2) is 0 Å². The molecular formula is C12H21FN4O3. The van der Waals surface area contributed by atoms with E-state index in [1.807, 2.05) is 0 Å².